The van der Waals surface area contributed by atoms with E-state index in [0.29, 0.717) is 0 Å². The molecule has 9 aromatic carbocycles. The van der Waals surface area contributed by atoms with Crippen LogP contribution in [0.5, 0.6) is 0 Å². The normalized spacial score (nSPS) is 17.6. The lowest BCUT2D eigenvalue weighted by Crippen LogP contribution is -2.42. The van der Waals surface area contributed by atoms with Crippen LogP contribution in [0.4, 0.5) is 34.1 Å². The molecule has 0 unspecified atom stereocenters. The summed E-state index contributed by atoms with van der Waals surface area (Å²) >= 11 is 0. The zero-order valence-corrected chi connectivity index (χ0v) is 42.6. The van der Waals surface area contributed by atoms with Gasteiger partial charge in [-0.2, -0.15) is 0 Å². The first-order valence-corrected chi connectivity index (χ1v) is 25.2. The molecule has 0 fully saturated rings. The molecule has 0 atom stereocenters. The van der Waals surface area contributed by atoms with Gasteiger partial charge in [0.25, 0.3) is 0 Å². The summed E-state index contributed by atoms with van der Waals surface area (Å²) in [6.07, 6.45) is 0. The molecule has 3 aliphatic rings. The molecule has 0 bridgehead atoms. The summed E-state index contributed by atoms with van der Waals surface area (Å²) in [6.45, 7) is 23.2. The van der Waals surface area contributed by atoms with Crippen molar-refractivity contribution in [1.82, 2.24) is 0 Å². The quantitative estimate of drug-likeness (QED) is 0.150. The molecule has 350 valence electrons. The number of fused-ring (bicyclic) bond motifs is 7. The number of rotatable bonds is 8. The van der Waals surface area contributed by atoms with Crippen molar-refractivity contribution in [3.8, 4) is 44.5 Å². The van der Waals surface area contributed by atoms with Crippen LogP contribution in [0.15, 0.2) is 206 Å². The molecular weight excluding hydrogens is 857 g/mol. The van der Waals surface area contributed by atoms with Crippen LogP contribution in [-0.4, -0.2) is 0 Å². The average molecular weight is 926 g/mol. The predicted molar refractivity (Wildman–Crippen MR) is 302 cm³/mol. The van der Waals surface area contributed by atoms with Crippen LogP contribution >= 0.6 is 0 Å². The molecule has 0 amide bonds. The maximum Gasteiger partial charge on any atom is 0.0645 e. The largest absolute Gasteiger partial charge is 0.310 e. The Hall–Kier alpha value is -7.42. The van der Waals surface area contributed by atoms with Gasteiger partial charge in [0.15, 0.2) is 0 Å². The molecule has 3 aliphatic carbocycles. The highest BCUT2D eigenvalue weighted by molar-refractivity contribution is 5.93. The summed E-state index contributed by atoms with van der Waals surface area (Å²) in [7, 11) is 0. The van der Waals surface area contributed by atoms with Gasteiger partial charge in [-0.05, 0) is 161 Å². The molecule has 0 heterocycles. The van der Waals surface area contributed by atoms with E-state index in [1.54, 1.807) is 0 Å². The second-order valence-corrected chi connectivity index (χ2v) is 22.7. The maximum atomic E-state index is 9.62. The van der Waals surface area contributed by atoms with E-state index in [0.717, 1.165) is 61.8 Å². The minimum Gasteiger partial charge on any atom is -0.310 e. The topological polar surface area (TPSA) is 6.48 Å². The Balaban J connectivity index is 1.08. The molecule has 0 radical (unpaired) electrons. The molecule has 2 heteroatoms. The van der Waals surface area contributed by atoms with Crippen molar-refractivity contribution in [3.63, 3.8) is 0 Å². The molecule has 2 nitrogen and oxygen atoms in total. The molecule has 71 heavy (non-hydrogen) atoms. The number of nitrogens with zero attached hydrogens (tertiary/aromatic N) is 2. The fourth-order valence-corrected chi connectivity index (χ4v) is 12.6. The lowest BCUT2D eigenvalue weighted by molar-refractivity contribution is 0.125. The van der Waals surface area contributed by atoms with Crippen molar-refractivity contribution in [2.45, 2.75) is 90.9 Å². The van der Waals surface area contributed by atoms with E-state index in [9.17, 15) is 2.74 Å². The van der Waals surface area contributed by atoms with Crippen LogP contribution in [0, 0.1) is 5.41 Å². The Labute approximate surface area is 429 Å². The van der Waals surface area contributed by atoms with Crippen LogP contribution in [-0.2, 0) is 21.7 Å². The summed E-state index contributed by atoms with van der Waals surface area (Å²) in [6, 6.07) is 61.6. The van der Waals surface area contributed by atoms with Crippen molar-refractivity contribution in [3.05, 3.63) is 240 Å². The first kappa shape index (κ1) is 39.3. The molecule has 0 saturated carbocycles. The number of hydrogen-bond donors (Lipinski definition) is 0. The summed E-state index contributed by atoms with van der Waals surface area (Å²) in [5, 5.41) is 0. The summed E-state index contributed by atoms with van der Waals surface area (Å²) in [5.41, 5.74) is 19.7. The van der Waals surface area contributed by atoms with Crippen molar-refractivity contribution >= 4 is 34.1 Å². The zero-order valence-electron chi connectivity index (χ0n) is 47.6. The van der Waals surface area contributed by atoms with Crippen molar-refractivity contribution in [2.75, 3.05) is 9.80 Å². The monoisotopic (exact) mass is 926 g/mol. The van der Waals surface area contributed by atoms with E-state index in [1.807, 2.05) is 11.0 Å². The standard InChI is InChI=1S/C69H64N2/c1-65(2)58-27-19-17-25-53(58)55-39-37-51(41-60(55)65)70(49-33-29-46(30-34-49)45-21-13-11-14-22-45)50-35-31-47(32-36-50)57-43-62-63(68(7,8)69(9,10)67(62,5)6)44-64(57)71(48-23-15-12-16-24-48)52-38-40-56-54-26-18-20-28-59(54)66(3,4)61(56)42-52/h11-44H,1-10H3/i12D,15D,16D,23D,24D. The molecule has 9 aromatic rings. The van der Waals surface area contributed by atoms with Crippen LogP contribution in [0.2, 0.25) is 0 Å². The molecule has 0 aliphatic heterocycles. The summed E-state index contributed by atoms with van der Waals surface area (Å²) in [5.74, 6) is 0. The van der Waals surface area contributed by atoms with E-state index in [1.165, 1.54) is 44.5 Å². The maximum absolute atomic E-state index is 9.62. The minimum absolute atomic E-state index is 0.109. The van der Waals surface area contributed by atoms with Gasteiger partial charge in [-0.1, -0.05) is 203 Å². The second kappa shape index (κ2) is 15.8. The number of benzene rings is 9. The zero-order chi connectivity index (χ0) is 53.6. The van der Waals surface area contributed by atoms with E-state index in [-0.39, 0.29) is 56.9 Å². The summed E-state index contributed by atoms with van der Waals surface area (Å²) < 4.78 is 46.1. The fourth-order valence-electron chi connectivity index (χ4n) is 12.6. The predicted octanol–water partition coefficient (Wildman–Crippen LogP) is 19.2. The highest BCUT2D eigenvalue weighted by Crippen LogP contribution is 2.63. The summed E-state index contributed by atoms with van der Waals surface area (Å²) in [4.78, 5) is 4.31. The first-order chi connectivity index (χ1) is 36.1. The van der Waals surface area contributed by atoms with Crippen molar-refractivity contribution < 1.29 is 6.85 Å². The molecular formula is C69H64N2. The highest BCUT2D eigenvalue weighted by atomic mass is 15.2. The third-order valence-corrected chi connectivity index (χ3v) is 17.9. The first-order valence-electron chi connectivity index (χ1n) is 27.7. The SMILES string of the molecule is [2H]c1c([2H])c([2H])c(N(c2ccc3c(c2)C(C)(C)c2ccccc2-3)c2cc3c(cc2-c2ccc(N(c4ccc(-c5ccccc5)cc4)c4ccc5c(c4)C(C)(C)c4ccccc4-5)cc2)C(C)(C)C(C)(C)C3(C)C)c([2H])c1[2H]. The Morgan fingerprint density at radius 3 is 1.27 bits per heavy atom. The van der Waals surface area contributed by atoms with Gasteiger partial charge in [-0.25, -0.2) is 0 Å². The highest BCUT2D eigenvalue weighted by Gasteiger charge is 2.57. The Kier molecular flexibility index (Phi) is 8.75. The Bertz CT molecular complexity index is 3820. The third kappa shape index (κ3) is 6.60. The molecule has 0 aromatic heterocycles. The van der Waals surface area contributed by atoms with Crippen LogP contribution in [0.3, 0.4) is 0 Å². The van der Waals surface area contributed by atoms with E-state index >= 15 is 0 Å². The van der Waals surface area contributed by atoms with Gasteiger partial charge < -0.3 is 9.80 Å². The lowest BCUT2D eigenvalue weighted by atomic mass is 9.59. The van der Waals surface area contributed by atoms with E-state index < -0.39 is 6.04 Å². The van der Waals surface area contributed by atoms with E-state index in [4.69, 9.17) is 4.11 Å². The van der Waals surface area contributed by atoms with Crippen LogP contribution in [0.25, 0.3) is 44.5 Å². The van der Waals surface area contributed by atoms with Crippen molar-refractivity contribution in [1.29, 1.82) is 0 Å². The molecule has 0 saturated heterocycles. The van der Waals surface area contributed by atoms with Gasteiger partial charge in [-0.3, -0.25) is 0 Å². The lowest BCUT2D eigenvalue weighted by Gasteiger charge is -2.44. The van der Waals surface area contributed by atoms with Gasteiger partial charge in [0.05, 0.1) is 12.5 Å². The smallest absolute Gasteiger partial charge is 0.0645 e. The molecule has 0 spiro atoms. The molecule has 0 N–H and O–H groups in total. The second-order valence-electron chi connectivity index (χ2n) is 22.7. The number of anilines is 6. The van der Waals surface area contributed by atoms with Gasteiger partial charge in [0.1, 0.15) is 0 Å². The fraction of sp³-hybridized carbons (Fsp3) is 0.217. The van der Waals surface area contributed by atoms with E-state index in [2.05, 4.69) is 244 Å². The van der Waals surface area contributed by atoms with Gasteiger partial charge in [0.2, 0.25) is 0 Å². The van der Waals surface area contributed by atoms with Gasteiger partial charge >= 0.3 is 0 Å². The molecule has 12 rings (SSSR count). The Morgan fingerprint density at radius 2 is 0.732 bits per heavy atom. The van der Waals surface area contributed by atoms with Crippen LogP contribution in [0.1, 0.15) is 109 Å². The Morgan fingerprint density at radius 1 is 0.310 bits per heavy atom. The number of para-hydroxylation sites is 1. The van der Waals surface area contributed by atoms with Gasteiger partial charge in [0, 0.05) is 44.8 Å². The number of hydrogen-bond acceptors (Lipinski definition) is 2. The third-order valence-electron chi connectivity index (χ3n) is 17.9. The van der Waals surface area contributed by atoms with Crippen molar-refractivity contribution in [2.24, 2.45) is 5.41 Å². The average Bonchev–Trinajstić information content (AvgIpc) is 3.86. The van der Waals surface area contributed by atoms with Gasteiger partial charge in [-0.15, -0.1) is 0 Å². The van der Waals surface area contributed by atoms with Crippen LogP contribution < -0.4 is 9.80 Å². The minimum atomic E-state index is -0.422.